The van der Waals surface area contributed by atoms with E-state index in [0.717, 1.165) is 0 Å². The molecule has 5 nitrogen and oxygen atoms in total. The Balaban J connectivity index is 2.36. The molecule has 13 heavy (non-hydrogen) atoms. The lowest BCUT2D eigenvalue weighted by molar-refractivity contribution is -0.136. The molecule has 4 N–H and O–H groups in total. The summed E-state index contributed by atoms with van der Waals surface area (Å²) in [5.41, 5.74) is 11.0. The number of amides is 1. The molecule has 1 rings (SSSR count). The van der Waals surface area contributed by atoms with Gasteiger partial charge in [-0.2, -0.15) is 0 Å². The zero-order valence-electron chi connectivity index (χ0n) is 7.74. The Hall–Kier alpha value is -0.650. The molecule has 0 radical (unpaired) electrons. The predicted molar refractivity (Wildman–Crippen MR) is 49.0 cm³/mol. The third-order valence-electron chi connectivity index (χ3n) is 2.12. The first kappa shape index (κ1) is 10.4. The average molecular weight is 187 g/mol. The zero-order valence-corrected chi connectivity index (χ0v) is 7.74. The SMILES string of the molecule is NCC[C@H](N)C(=O)N1CCOCC1. The standard InChI is InChI=1S/C8H17N3O2/c9-2-1-7(10)8(12)11-3-5-13-6-4-11/h7H,1-6,9-10H2/t7-/m0/s1. The molecule has 5 heteroatoms. The number of carbonyl (C=O) groups excluding carboxylic acids is 1. The van der Waals surface area contributed by atoms with Crippen molar-refractivity contribution < 1.29 is 9.53 Å². The lowest BCUT2D eigenvalue weighted by Crippen LogP contribution is -2.49. The molecule has 0 unspecified atom stereocenters. The highest BCUT2D eigenvalue weighted by Crippen LogP contribution is 2.00. The molecule has 1 heterocycles. The highest BCUT2D eigenvalue weighted by Gasteiger charge is 2.21. The predicted octanol–water partition coefficient (Wildman–Crippen LogP) is -1.48. The Labute approximate surface area is 78.0 Å². The summed E-state index contributed by atoms with van der Waals surface area (Å²) in [7, 11) is 0. The highest BCUT2D eigenvalue weighted by molar-refractivity contribution is 5.81. The number of carbonyl (C=O) groups is 1. The van der Waals surface area contributed by atoms with E-state index in [4.69, 9.17) is 16.2 Å². The highest BCUT2D eigenvalue weighted by atomic mass is 16.5. The van der Waals surface area contributed by atoms with E-state index in [0.29, 0.717) is 39.3 Å². The van der Waals surface area contributed by atoms with Gasteiger partial charge in [-0.1, -0.05) is 0 Å². The van der Waals surface area contributed by atoms with Gasteiger partial charge in [0.05, 0.1) is 19.3 Å². The molecule has 0 saturated carbocycles. The van der Waals surface area contributed by atoms with Crippen molar-refractivity contribution in [2.45, 2.75) is 12.5 Å². The van der Waals surface area contributed by atoms with E-state index >= 15 is 0 Å². The third-order valence-corrected chi connectivity index (χ3v) is 2.12. The van der Waals surface area contributed by atoms with E-state index in [1.54, 1.807) is 4.90 Å². The molecular weight excluding hydrogens is 170 g/mol. The van der Waals surface area contributed by atoms with Gasteiger partial charge in [0.25, 0.3) is 0 Å². The summed E-state index contributed by atoms with van der Waals surface area (Å²) in [6.07, 6.45) is 0.552. The van der Waals surface area contributed by atoms with Crippen LogP contribution < -0.4 is 11.5 Å². The Bertz CT molecular complexity index is 169. The van der Waals surface area contributed by atoms with E-state index in [1.165, 1.54) is 0 Å². The van der Waals surface area contributed by atoms with Gasteiger partial charge in [0.15, 0.2) is 0 Å². The fourth-order valence-corrected chi connectivity index (χ4v) is 1.32. The summed E-state index contributed by atoms with van der Waals surface area (Å²) in [4.78, 5) is 13.3. The van der Waals surface area contributed by atoms with Gasteiger partial charge in [0.1, 0.15) is 0 Å². The van der Waals surface area contributed by atoms with Crippen LogP contribution in [0.5, 0.6) is 0 Å². The van der Waals surface area contributed by atoms with Crippen molar-refractivity contribution in [1.82, 2.24) is 4.90 Å². The molecular formula is C8H17N3O2. The number of nitrogens with two attached hydrogens (primary N) is 2. The van der Waals surface area contributed by atoms with Gasteiger partial charge in [0.2, 0.25) is 5.91 Å². The van der Waals surface area contributed by atoms with Gasteiger partial charge in [-0.25, -0.2) is 0 Å². The lowest BCUT2D eigenvalue weighted by Gasteiger charge is -2.28. The van der Waals surface area contributed by atoms with Crippen LogP contribution >= 0.6 is 0 Å². The van der Waals surface area contributed by atoms with Crippen molar-refractivity contribution in [2.24, 2.45) is 11.5 Å². The minimum atomic E-state index is -0.442. The van der Waals surface area contributed by atoms with E-state index in [1.807, 2.05) is 0 Å². The minimum absolute atomic E-state index is 0.00579. The van der Waals surface area contributed by atoms with E-state index in [-0.39, 0.29) is 5.91 Å². The van der Waals surface area contributed by atoms with Crippen LogP contribution in [-0.2, 0) is 9.53 Å². The first-order valence-corrected chi connectivity index (χ1v) is 4.58. The van der Waals surface area contributed by atoms with Crippen LogP contribution in [-0.4, -0.2) is 49.7 Å². The summed E-state index contributed by atoms with van der Waals surface area (Å²) in [5, 5.41) is 0. The number of ether oxygens (including phenoxy) is 1. The molecule has 76 valence electrons. The van der Waals surface area contributed by atoms with Crippen LogP contribution in [0.1, 0.15) is 6.42 Å². The minimum Gasteiger partial charge on any atom is -0.378 e. The monoisotopic (exact) mass is 187 g/mol. The Morgan fingerprint density at radius 1 is 1.46 bits per heavy atom. The fraction of sp³-hybridized carbons (Fsp3) is 0.875. The largest absolute Gasteiger partial charge is 0.378 e. The van der Waals surface area contributed by atoms with Crippen molar-refractivity contribution in [3.63, 3.8) is 0 Å². The smallest absolute Gasteiger partial charge is 0.239 e. The van der Waals surface area contributed by atoms with Crippen molar-refractivity contribution in [2.75, 3.05) is 32.8 Å². The first-order valence-electron chi connectivity index (χ1n) is 4.58. The van der Waals surface area contributed by atoms with Gasteiger partial charge in [-0.15, -0.1) is 0 Å². The van der Waals surface area contributed by atoms with Gasteiger partial charge in [-0.05, 0) is 13.0 Å². The molecule has 0 aliphatic carbocycles. The second-order valence-electron chi connectivity index (χ2n) is 3.12. The van der Waals surface area contributed by atoms with Gasteiger partial charge in [0, 0.05) is 13.1 Å². The summed E-state index contributed by atoms with van der Waals surface area (Å²) in [6.45, 7) is 2.98. The van der Waals surface area contributed by atoms with Crippen molar-refractivity contribution >= 4 is 5.91 Å². The molecule has 0 aromatic carbocycles. The molecule has 0 aromatic heterocycles. The zero-order chi connectivity index (χ0) is 9.68. The molecule has 1 fully saturated rings. The van der Waals surface area contributed by atoms with Crippen LogP contribution in [0.25, 0.3) is 0 Å². The fourth-order valence-electron chi connectivity index (χ4n) is 1.32. The normalized spacial score (nSPS) is 20.0. The van der Waals surface area contributed by atoms with Crippen LogP contribution in [0.15, 0.2) is 0 Å². The average Bonchev–Trinajstić information content (AvgIpc) is 2.18. The maximum absolute atomic E-state index is 11.6. The number of morpholine rings is 1. The maximum atomic E-state index is 11.6. The Kier molecular flexibility index (Phi) is 4.14. The second kappa shape index (κ2) is 5.16. The van der Waals surface area contributed by atoms with Crippen LogP contribution in [0.3, 0.4) is 0 Å². The second-order valence-corrected chi connectivity index (χ2v) is 3.12. The Morgan fingerprint density at radius 2 is 2.08 bits per heavy atom. The van der Waals surface area contributed by atoms with E-state index in [2.05, 4.69) is 0 Å². The van der Waals surface area contributed by atoms with Gasteiger partial charge in [-0.3, -0.25) is 4.79 Å². The summed E-state index contributed by atoms with van der Waals surface area (Å²) in [6, 6.07) is -0.442. The topological polar surface area (TPSA) is 81.6 Å². The Morgan fingerprint density at radius 3 is 2.62 bits per heavy atom. The molecule has 0 spiro atoms. The van der Waals surface area contributed by atoms with Gasteiger partial charge >= 0.3 is 0 Å². The maximum Gasteiger partial charge on any atom is 0.239 e. The first-order chi connectivity index (χ1) is 6.25. The number of rotatable bonds is 3. The van der Waals surface area contributed by atoms with Gasteiger partial charge < -0.3 is 21.1 Å². The van der Waals surface area contributed by atoms with Crippen molar-refractivity contribution in [1.29, 1.82) is 0 Å². The quantitative estimate of drug-likeness (QED) is 0.564. The van der Waals surface area contributed by atoms with Crippen molar-refractivity contribution in [3.05, 3.63) is 0 Å². The van der Waals surface area contributed by atoms with Crippen LogP contribution in [0, 0.1) is 0 Å². The molecule has 0 bridgehead atoms. The van der Waals surface area contributed by atoms with E-state index in [9.17, 15) is 4.79 Å². The number of hydrogen-bond acceptors (Lipinski definition) is 4. The molecule has 1 saturated heterocycles. The van der Waals surface area contributed by atoms with Crippen LogP contribution in [0.2, 0.25) is 0 Å². The molecule has 1 aliphatic heterocycles. The molecule has 1 atom stereocenters. The molecule has 1 amide bonds. The number of hydrogen-bond donors (Lipinski definition) is 2. The summed E-state index contributed by atoms with van der Waals surface area (Å²) in [5.74, 6) is -0.00579. The van der Waals surface area contributed by atoms with Crippen LogP contribution in [0.4, 0.5) is 0 Å². The van der Waals surface area contributed by atoms with Crippen molar-refractivity contribution in [3.8, 4) is 0 Å². The lowest BCUT2D eigenvalue weighted by atomic mass is 10.2. The molecule has 1 aliphatic rings. The summed E-state index contributed by atoms with van der Waals surface area (Å²) >= 11 is 0. The third kappa shape index (κ3) is 2.95. The number of nitrogens with zero attached hydrogens (tertiary/aromatic N) is 1. The van der Waals surface area contributed by atoms with E-state index < -0.39 is 6.04 Å². The summed E-state index contributed by atoms with van der Waals surface area (Å²) < 4.78 is 5.13. The molecule has 0 aromatic rings.